The van der Waals surface area contributed by atoms with E-state index in [1.54, 1.807) is 18.0 Å². The third kappa shape index (κ3) is 3.39. The summed E-state index contributed by atoms with van der Waals surface area (Å²) in [6.45, 7) is 2.43. The summed E-state index contributed by atoms with van der Waals surface area (Å²) < 4.78 is 0. The molecule has 0 radical (unpaired) electrons. The number of nitrogens with one attached hydrogen (secondary N) is 1. The van der Waals surface area contributed by atoms with E-state index < -0.39 is 0 Å². The van der Waals surface area contributed by atoms with Crippen LogP contribution < -0.4 is 11.1 Å². The fraction of sp³-hybridized carbons (Fsp3) is 0.500. The topological polar surface area (TPSA) is 58.4 Å². The lowest BCUT2D eigenvalue weighted by atomic mass is 10.1. The number of anilines is 1. The Morgan fingerprint density at radius 1 is 1.58 bits per heavy atom. The first-order valence-electron chi connectivity index (χ1n) is 6.53. The predicted octanol–water partition coefficient (Wildman–Crippen LogP) is 2.85. The zero-order valence-corrected chi connectivity index (χ0v) is 12.1. The molecule has 0 saturated heterocycles. The molecule has 1 saturated carbocycles. The monoisotopic (exact) mass is 281 g/mol. The van der Waals surface area contributed by atoms with Gasteiger partial charge in [0.1, 0.15) is 0 Å². The smallest absolute Gasteiger partial charge is 0.321 e. The van der Waals surface area contributed by atoms with Crippen LogP contribution in [-0.4, -0.2) is 30.6 Å². The van der Waals surface area contributed by atoms with Crippen molar-refractivity contribution in [2.45, 2.75) is 25.8 Å². The van der Waals surface area contributed by atoms with Crippen LogP contribution in [0.2, 0.25) is 5.02 Å². The second-order valence-corrected chi connectivity index (χ2v) is 5.55. The lowest BCUT2D eigenvalue weighted by molar-refractivity contribution is 0.198. The molecular formula is C14H20ClN3O. The number of rotatable bonds is 4. The van der Waals surface area contributed by atoms with E-state index in [2.05, 4.69) is 5.32 Å². The van der Waals surface area contributed by atoms with Gasteiger partial charge in [-0.1, -0.05) is 17.7 Å². The quantitative estimate of drug-likeness (QED) is 0.891. The maximum atomic E-state index is 12.2. The highest BCUT2D eigenvalue weighted by molar-refractivity contribution is 6.31. The standard InChI is InChI=1S/C14H20ClN3O/c1-9-3-6-11(7-12(9)15)17-14(19)18(2)13(8-16)10-4-5-10/h3,6-7,10,13H,4-5,8,16H2,1-2H3,(H,17,19). The van der Waals surface area contributed by atoms with Crippen LogP contribution in [0.1, 0.15) is 18.4 Å². The van der Waals surface area contributed by atoms with Crippen LogP contribution >= 0.6 is 11.6 Å². The number of amides is 2. The van der Waals surface area contributed by atoms with Crippen molar-refractivity contribution < 1.29 is 4.79 Å². The second-order valence-electron chi connectivity index (χ2n) is 5.15. The number of halogens is 1. The van der Waals surface area contributed by atoms with Crippen molar-refractivity contribution in [1.82, 2.24) is 4.90 Å². The van der Waals surface area contributed by atoms with Gasteiger partial charge in [-0.25, -0.2) is 4.79 Å². The Bertz CT molecular complexity index is 474. The summed E-state index contributed by atoms with van der Waals surface area (Å²) in [5.74, 6) is 0.558. The Kier molecular flexibility index (Phi) is 4.32. The molecule has 19 heavy (non-hydrogen) atoms. The van der Waals surface area contributed by atoms with Gasteiger partial charge in [-0.2, -0.15) is 0 Å². The highest BCUT2D eigenvalue weighted by Crippen LogP contribution is 2.34. The van der Waals surface area contributed by atoms with Gasteiger partial charge in [0.05, 0.1) is 0 Å². The lowest BCUT2D eigenvalue weighted by Gasteiger charge is -2.27. The van der Waals surface area contributed by atoms with Crippen LogP contribution in [0.3, 0.4) is 0 Å². The summed E-state index contributed by atoms with van der Waals surface area (Å²) in [5.41, 5.74) is 7.45. The van der Waals surface area contributed by atoms with E-state index in [0.29, 0.717) is 23.2 Å². The molecule has 1 aliphatic rings. The van der Waals surface area contributed by atoms with Gasteiger partial charge in [0, 0.05) is 30.3 Å². The molecule has 2 rings (SSSR count). The number of carbonyl (C=O) groups is 1. The Hall–Kier alpha value is -1.26. The number of nitrogens with zero attached hydrogens (tertiary/aromatic N) is 1. The molecule has 2 amide bonds. The molecule has 0 aromatic heterocycles. The minimum atomic E-state index is -0.137. The Morgan fingerprint density at radius 2 is 2.26 bits per heavy atom. The van der Waals surface area contributed by atoms with Crippen molar-refractivity contribution in [3.05, 3.63) is 28.8 Å². The van der Waals surface area contributed by atoms with E-state index in [-0.39, 0.29) is 12.1 Å². The molecular weight excluding hydrogens is 262 g/mol. The summed E-state index contributed by atoms with van der Waals surface area (Å²) in [6, 6.07) is 5.49. The van der Waals surface area contributed by atoms with Crippen molar-refractivity contribution in [2.24, 2.45) is 11.7 Å². The maximum Gasteiger partial charge on any atom is 0.321 e. The van der Waals surface area contributed by atoms with Gasteiger partial charge in [-0.05, 0) is 43.4 Å². The van der Waals surface area contributed by atoms with Crippen LogP contribution in [0.5, 0.6) is 0 Å². The minimum absolute atomic E-state index is 0.126. The number of urea groups is 1. The molecule has 0 spiro atoms. The molecule has 0 heterocycles. The molecule has 0 aliphatic heterocycles. The van der Waals surface area contributed by atoms with E-state index in [1.807, 2.05) is 19.1 Å². The fourth-order valence-electron chi connectivity index (χ4n) is 2.18. The molecule has 5 heteroatoms. The molecule has 1 aromatic carbocycles. The van der Waals surface area contributed by atoms with Gasteiger partial charge >= 0.3 is 6.03 Å². The van der Waals surface area contributed by atoms with Crippen LogP contribution in [0, 0.1) is 12.8 Å². The number of carbonyl (C=O) groups excluding carboxylic acids is 1. The van der Waals surface area contributed by atoms with Crippen LogP contribution in [0.4, 0.5) is 10.5 Å². The Balaban J connectivity index is 2.01. The SMILES string of the molecule is Cc1ccc(NC(=O)N(C)C(CN)C2CC2)cc1Cl. The second kappa shape index (κ2) is 5.80. The summed E-state index contributed by atoms with van der Waals surface area (Å²) in [7, 11) is 1.79. The molecule has 104 valence electrons. The average Bonchev–Trinajstić information content (AvgIpc) is 3.19. The summed E-state index contributed by atoms with van der Waals surface area (Å²) in [4.78, 5) is 13.9. The Labute approximate surface area is 118 Å². The van der Waals surface area contributed by atoms with Gasteiger partial charge in [0.25, 0.3) is 0 Å². The average molecular weight is 282 g/mol. The van der Waals surface area contributed by atoms with E-state index >= 15 is 0 Å². The number of hydrogen-bond acceptors (Lipinski definition) is 2. The van der Waals surface area contributed by atoms with E-state index in [0.717, 1.165) is 18.4 Å². The van der Waals surface area contributed by atoms with Crippen molar-refractivity contribution >= 4 is 23.3 Å². The van der Waals surface area contributed by atoms with Gasteiger partial charge in [0.2, 0.25) is 0 Å². The number of hydrogen-bond donors (Lipinski definition) is 2. The van der Waals surface area contributed by atoms with Crippen molar-refractivity contribution in [2.75, 3.05) is 18.9 Å². The van der Waals surface area contributed by atoms with Crippen molar-refractivity contribution in [3.8, 4) is 0 Å². The first-order chi connectivity index (χ1) is 9.02. The Morgan fingerprint density at radius 3 is 2.79 bits per heavy atom. The van der Waals surface area contributed by atoms with Crippen LogP contribution in [-0.2, 0) is 0 Å². The van der Waals surface area contributed by atoms with Crippen molar-refractivity contribution in [1.29, 1.82) is 0 Å². The van der Waals surface area contributed by atoms with Gasteiger partial charge in [0.15, 0.2) is 0 Å². The number of likely N-dealkylation sites (N-methyl/N-ethyl adjacent to an activating group) is 1. The third-order valence-electron chi connectivity index (χ3n) is 3.65. The third-order valence-corrected chi connectivity index (χ3v) is 4.06. The van der Waals surface area contributed by atoms with Crippen LogP contribution in [0.25, 0.3) is 0 Å². The minimum Gasteiger partial charge on any atom is -0.328 e. The molecule has 1 atom stereocenters. The highest BCUT2D eigenvalue weighted by Gasteiger charge is 2.34. The van der Waals surface area contributed by atoms with E-state index in [9.17, 15) is 4.79 Å². The number of aryl methyl sites for hydroxylation is 1. The van der Waals surface area contributed by atoms with Crippen LogP contribution in [0.15, 0.2) is 18.2 Å². The molecule has 0 bridgehead atoms. The molecule has 4 nitrogen and oxygen atoms in total. The summed E-state index contributed by atoms with van der Waals surface area (Å²) in [5, 5.41) is 3.51. The van der Waals surface area contributed by atoms with Gasteiger partial charge in [-0.15, -0.1) is 0 Å². The highest BCUT2D eigenvalue weighted by atomic mass is 35.5. The number of benzene rings is 1. The number of nitrogens with two attached hydrogens (primary N) is 1. The zero-order chi connectivity index (χ0) is 14.0. The predicted molar refractivity (Wildman–Crippen MR) is 78.5 cm³/mol. The fourth-order valence-corrected chi connectivity index (χ4v) is 2.36. The summed E-state index contributed by atoms with van der Waals surface area (Å²) >= 11 is 6.04. The zero-order valence-electron chi connectivity index (χ0n) is 11.3. The first-order valence-corrected chi connectivity index (χ1v) is 6.90. The largest absolute Gasteiger partial charge is 0.328 e. The molecule has 1 aliphatic carbocycles. The van der Waals surface area contributed by atoms with Crippen molar-refractivity contribution in [3.63, 3.8) is 0 Å². The molecule has 3 N–H and O–H groups in total. The van der Waals surface area contributed by atoms with Gasteiger partial charge < -0.3 is 16.0 Å². The normalized spacial score (nSPS) is 16.0. The first kappa shape index (κ1) is 14.2. The summed E-state index contributed by atoms with van der Waals surface area (Å²) in [6.07, 6.45) is 2.33. The van der Waals surface area contributed by atoms with E-state index in [4.69, 9.17) is 17.3 Å². The maximum absolute atomic E-state index is 12.2. The van der Waals surface area contributed by atoms with E-state index in [1.165, 1.54) is 0 Å². The molecule has 1 unspecified atom stereocenters. The molecule has 1 aromatic rings. The molecule has 1 fully saturated rings. The van der Waals surface area contributed by atoms with Gasteiger partial charge in [-0.3, -0.25) is 0 Å². The lowest BCUT2D eigenvalue weighted by Crippen LogP contribution is -2.45.